The Hall–Kier alpha value is -1.33. The largest absolute Gasteiger partial charge is 0.394 e. The van der Waals surface area contributed by atoms with Crippen LogP contribution in [0.1, 0.15) is 399 Å². The summed E-state index contributed by atoms with van der Waals surface area (Å²) >= 11 is 0. The lowest BCUT2D eigenvalue weighted by atomic mass is 9.99. The van der Waals surface area contributed by atoms with E-state index in [0.29, 0.717) is 6.42 Å². The molecule has 504 valence electrons. The molecule has 1 rings (SSSR count). The Bertz CT molecular complexity index is 1390. The summed E-state index contributed by atoms with van der Waals surface area (Å²) in [6, 6.07) is -0.804. The summed E-state index contributed by atoms with van der Waals surface area (Å²) in [6.07, 6.45) is 80.3. The zero-order chi connectivity index (χ0) is 61.4. The van der Waals surface area contributed by atoms with Crippen molar-refractivity contribution in [2.24, 2.45) is 0 Å². The lowest BCUT2D eigenvalue weighted by Crippen LogP contribution is -2.60. The van der Waals surface area contributed by atoms with Crippen LogP contribution in [0.3, 0.4) is 0 Å². The van der Waals surface area contributed by atoms with E-state index in [1.54, 1.807) is 6.08 Å². The van der Waals surface area contributed by atoms with Crippen molar-refractivity contribution in [2.45, 2.75) is 442 Å². The zero-order valence-corrected chi connectivity index (χ0v) is 56.7. The standard InChI is InChI=1S/C76H147NO8/c1-3-5-7-9-11-13-15-17-19-21-23-25-27-29-31-32-33-34-35-36-37-38-40-42-44-46-48-50-52-54-56-58-60-62-64-66-72(80)77-69(68-84-76-75(83)74(82)73(81)71(67-78)85-76)70(79)65-63-61-59-57-55-53-51-49-47-45-43-41-39-30-28-26-24-22-20-18-16-14-12-10-8-6-4-2/h21,23,63,65,69-71,73-76,78-79,81-83H,3-20,22,24-62,64,66-68H2,1-2H3,(H,77,80)/b23-21-,65-63+. The van der Waals surface area contributed by atoms with Gasteiger partial charge in [-0.2, -0.15) is 0 Å². The molecule has 6 N–H and O–H groups in total. The molecule has 85 heavy (non-hydrogen) atoms. The van der Waals surface area contributed by atoms with Crippen molar-refractivity contribution in [1.82, 2.24) is 5.32 Å². The van der Waals surface area contributed by atoms with Crippen molar-refractivity contribution in [2.75, 3.05) is 13.2 Å². The normalized spacial score (nSPS) is 18.1. The molecule has 1 amide bonds. The lowest BCUT2D eigenvalue weighted by Gasteiger charge is -2.40. The van der Waals surface area contributed by atoms with Crippen LogP contribution in [0.15, 0.2) is 24.3 Å². The number of nitrogens with one attached hydrogen (secondary N) is 1. The van der Waals surface area contributed by atoms with E-state index in [2.05, 4.69) is 31.3 Å². The first-order valence-electron chi connectivity index (χ1n) is 38.1. The van der Waals surface area contributed by atoms with Gasteiger partial charge in [-0.3, -0.25) is 4.79 Å². The van der Waals surface area contributed by atoms with Crippen LogP contribution in [-0.2, 0) is 14.3 Å². The Labute approximate surface area is 528 Å². The number of allylic oxidation sites excluding steroid dienone is 3. The van der Waals surface area contributed by atoms with Crippen molar-refractivity contribution >= 4 is 5.91 Å². The molecule has 1 fully saturated rings. The maximum Gasteiger partial charge on any atom is 0.220 e. The highest BCUT2D eigenvalue weighted by Gasteiger charge is 2.44. The number of carbonyl (C=O) groups is 1. The van der Waals surface area contributed by atoms with Gasteiger partial charge < -0.3 is 40.3 Å². The SMILES string of the molecule is CCCCCCCCCC/C=C\CCCCCCCCCCCCCCCCCCCCCCCCCC(=O)NC(COC1OC(CO)C(O)C(O)C1O)C(O)/C=C/CCCCCCCCCCCCCCCCCCCCCCCCCCC. The number of aliphatic hydroxyl groups is 5. The first-order valence-corrected chi connectivity index (χ1v) is 38.1. The van der Waals surface area contributed by atoms with E-state index >= 15 is 0 Å². The van der Waals surface area contributed by atoms with Crippen molar-refractivity contribution in [3.63, 3.8) is 0 Å². The van der Waals surface area contributed by atoms with E-state index in [4.69, 9.17) is 9.47 Å². The molecule has 0 saturated carbocycles. The van der Waals surface area contributed by atoms with Crippen molar-refractivity contribution in [3.8, 4) is 0 Å². The molecule has 1 saturated heterocycles. The fourth-order valence-corrected chi connectivity index (χ4v) is 12.6. The Morgan fingerprint density at radius 1 is 0.388 bits per heavy atom. The highest BCUT2D eigenvalue weighted by atomic mass is 16.7. The van der Waals surface area contributed by atoms with E-state index in [-0.39, 0.29) is 12.5 Å². The maximum absolute atomic E-state index is 13.2. The van der Waals surface area contributed by atoms with Gasteiger partial charge in [0, 0.05) is 6.42 Å². The molecule has 0 aromatic rings. The van der Waals surface area contributed by atoms with Crippen LogP contribution < -0.4 is 5.32 Å². The summed E-state index contributed by atoms with van der Waals surface area (Å²) < 4.78 is 11.3. The fourth-order valence-electron chi connectivity index (χ4n) is 12.6. The summed E-state index contributed by atoms with van der Waals surface area (Å²) in [4.78, 5) is 13.2. The van der Waals surface area contributed by atoms with E-state index in [9.17, 15) is 30.3 Å². The Balaban J connectivity index is 2.07. The molecule has 9 nitrogen and oxygen atoms in total. The molecular weight excluding hydrogens is 1050 g/mol. The smallest absolute Gasteiger partial charge is 0.220 e. The van der Waals surface area contributed by atoms with Gasteiger partial charge in [-0.15, -0.1) is 0 Å². The Kier molecular flexibility index (Phi) is 63.1. The fraction of sp³-hybridized carbons (Fsp3) is 0.934. The van der Waals surface area contributed by atoms with Crippen molar-refractivity contribution in [1.29, 1.82) is 0 Å². The molecule has 0 bridgehead atoms. The quantitative estimate of drug-likeness (QED) is 0.0261. The van der Waals surface area contributed by atoms with Crippen LogP contribution >= 0.6 is 0 Å². The van der Waals surface area contributed by atoms with Gasteiger partial charge in [0.1, 0.15) is 24.4 Å². The number of amides is 1. The first-order chi connectivity index (χ1) is 41.8. The molecule has 0 aliphatic carbocycles. The van der Waals surface area contributed by atoms with E-state index in [1.165, 1.54) is 340 Å². The third-order valence-electron chi connectivity index (χ3n) is 18.5. The second-order valence-electron chi connectivity index (χ2n) is 26.8. The van der Waals surface area contributed by atoms with Gasteiger partial charge in [0.15, 0.2) is 6.29 Å². The van der Waals surface area contributed by atoms with Gasteiger partial charge in [0.2, 0.25) is 5.91 Å². The molecular formula is C76H147NO8. The molecule has 0 spiro atoms. The third-order valence-corrected chi connectivity index (χ3v) is 18.5. The first kappa shape index (κ1) is 81.7. The average molecular weight is 1200 g/mol. The van der Waals surface area contributed by atoms with Crippen LogP contribution in [0.25, 0.3) is 0 Å². The lowest BCUT2D eigenvalue weighted by molar-refractivity contribution is -0.302. The molecule has 1 aliphatic heterocycles. The van der Waals surface area contributed by atoms with Crippen LogP contribution in [0.4, 0.5) is 0 Å². The molecule has 1 aliphatic rings. The summed E-state index contributed by atoms with van der Waals surface area (Å²) in [5.41, 5.74) is 0. The van der Waals surface area contributed by atoms with Gasteiger partial charge in [-0.1, -0.05) is 372 Å². The number of unbranched alkanes of at least 4 members (excludes halogenated alkanes) is 56. The third kappa shape index (κ3) is 54.2. The summed E-state index contributed by atoms with van der Waals surface area (Å²) in [7, 11) is 0. The Morgan fingerprint density at radius 2 is 0.659 bits per heavy atom. The van der Waals surface area contributed by atoms with E-state index in [1.807, 2.05) is 6.08 Å². The van der Waals surface area contributed by atoms with Gasteiger partial charge >= 0.3 is 0 Å². The Morgan fingerprint density at radius 3 is 0.953 bits per heavy atom. The highest BCUT2D eigenvalue weighted by Crippen LogP contribution is 2.24. The highest BCUT2D eigenvalue weighted by molar-refractivity contribution is 5.76. The second-order valence-corrected chi connectivity index (χ2v) is 26.8. The number of ether oxygens (including phenoxy) is 2. The molecule has 7 atom stereocenters. The predicted molar refractivity (Wildman–Crippen MR) is 364 cm³/mol. The minimum Gasteiger partial charge on any atom is -0.394 e. The summed E-state index contributed by atoms with van der Waals surface area (Å²) in [6.45, 7) is 3.84. The average Bonchev–Trinajstić information content (AvgIpc) is 3.71. The molecule has 7 unspecified atom stereocenters. The number of hydrogen-bond acceptors (Lipinski definition) is 8. The number of aliphatic hydroxyl groups excluding tert-OH is 5. The topological polar surface area (TPSA) is 149 Å². The van der Waals surface area contributed by atoms with Gasteiger partial charge in [-0.05, 0) is 44.9 Å². The van der Waals surface area contributed by atoms with Crippen molar-refractivity contribution in [3.05, 3.63) is 24.3 Å². The van der Waals surface area contributed by atoms with Gasteiger partial charge in [0.05, 0.1) is 25.4 Å². The van der Waals surface area contributed by atoms with Gasteiger partial charge in [-0.25, -0.2) is 0 Å². The van der Waals surface area contributed by atoms with Crippen LogP contribution in [0, 0.1) is 0 Å². The van der Waals surface area contributed by atoms with Crippen LogP contribution in [0.5, 0.6) is 0 Å². The summed E-state index contributed by atoms with van der Waals surface area (Å²) in [5.74, 6) is -0.167. The van der Waals surface area contributed by atoms with E-state index in [0.717, 1.165) is 38.5 Å². The monoisotopic (exact) mass is 1200 g/mol. The van der Waals surface area contributed by atoms with E-state index < -0.39 is 49.5 Å². The van der Waals surface area contributed by atoms with Gasteiger partial charge in [0.25, 0.3) is 0 Å². The van der Waals surface area contributed by atoms with Crippen LogP contribution in [-0.4, -0.2) is 87.5 Å². The molecule has 0 aromatic carbocycles. The maximum atomic E-state index is 13.2. The zero-order valence-electron chi connectivity index (χ0n) is 56.7. The molecule has 0 aromatic heterocycles. The molecule has 0 radical (unpaired) electrons. The number of hydrogen-bond donors (Lipinski definition) is 6. The second kappa shape index (κ2) is 65.6. The van der Waals surface area contributed by atoms with Crippen LogP contribution in [0.2, 0.25) is 0 Å². The summed E-state index contributed by atoms with van der Waals surface area (Å²) in [5, 5.41) is 54.9. The number of carbonyl (C=O) groups excluding carboxylic acids is 1. The van der Waals surface area contributed by atoms with Crippen molar-refractivity contribution < 1.29 is 39.8 Å². The minimum absolute atomic E-state index is 0.167. The molecule has 1 heterocycles. The number of rotatable bonds is 68. The minimum atomic E-state index is -1.57. The predicted octanol–water partition coefficient (Wildman–Crippen LogP) is 21.2. The molecule has 9 heteroatoms.